The van der Waals surface area contributed by atoms with Crippen LogP contribution in [0.3, 0.4) is 0 Å². The quantitative estimate of drug-likeness (QED) is 0.545. The molecule has 0 atom stereocenters. The van der Waals surface area contributed by atoms with E-state index in [-0.39, 0.29) is 0 Å². The number of nitrogens with two attached hydrogens (primary N) is 1. The van der Waals surface area contributed by atoms with E-state index in [2.05, 4.69) is 15.6 Å². The van der Waals surface area contributed by atoms with Crippen LogP contribution in [0.15, 0.2) is 29.3 Å². The zero-order chi connectivity index (χ0) is 18.3. The van der Waals surface area contributed by atoms with Gasteiger partial charge in [-0.25, -0.2) is 4.79 Å². The summed E-state index contributed by atoms with van der Waals surface area (Å²) in [5.74, 6) is 1.25. The van der Waals surface area contributed by atoms with Crippen molar-refractivity contribution in [2.45, 2.75) is 52.1 Å². The number of anilines is 1. The number of aliphatic imine (C=N–C) groups is 1. The topological polar surface area (TPSA) is 88.7 Å². The Morgan fingerprint density at radius 3 is 2.52 bits per heavy atom. The number of ether oxygens (including phenoxy) is 1. The van der Waals surface area contributed by atoms with Gasteiger partial charge in [-0.3, -0.25) is 10.3 Å². The first-order valence-corrected chi connectivity index (χ1v) is 8.94. The maximum absolute atomic E-state index is 11.7. The zero-order valence-electron chi connectivity index (χ0n) is 15.5. The Morgan fingerprint density at radius 2 is 1.96 bits per heavy atom. The van der Waals surface area contributed by atoms with E-state index in [1.807, 2.05) is 45.0 Å². The van der Waals surface area contributed by atoms with Crippen LogP contribution in [0, 0.1) is 5.92 Å². The molecule has 25 heavy (non-hydrogen) atoms. The van der Waals surface area contributed by atoms with Crippen molar-refractivity contribution in [2.24, 2.45) is 16.6 Å². The number of guanidine groups is 1. The molecule has 0 aromatic heterocycles. The van der Waals surface area contributed by atoms with E-state index in [4.69, 9.17) is 10.5 Å². The standard InChI is InChI=1S/C19H30N4O2/c1-19(2,3)25-18(24)23-16-9-7-14(8-10-16)11-12-21-17(20)22-13-15-5-4-6-15/h7-10,15H,4-6,11-13H2,1-3H3,(H,23,24)(H3,20,21,22). The summed E-state index contributed by atoms with van der Waals surface area (Å²) < 4.78 is 5.23. The number of rotatable bonds is 6. The molecule has 1 aromatic rings. The van der Waals surface area contributed by atoms with Crippen molar-refractivity contribution in [1.29, 1.82) is 0 Å². The van der Waals surface area contributed by atoms with Crippen LogP contribution in [0.2, 0.25) is 0 Å². The van der Waals surface area contributed by atoms with Gasteiger partial charge in [0.2, 0.25) is 0 Å². The Hall–Kier alpha value is -2.24. The Balaban J connectivity index is 1.70. The van der Waals surface area contributed by atoms with Gasteiger partial charge < -0.3 is 15.8 Å². The molecule has 4 N–H and O–H groups in total. The molecule has 138 valence electrons. The number of amides is 1. The molecule has 6 heteroatoms. The van der Waals surface area contributed by atoms with Crippen molar-refractivity contribution in [3.8, 4) is 0 Å². The molecule has 6 nitrogen and oxygen atoms in total. The Labute approximate surface area is 150 Å². The summed E-state index contributed by atoms with van der Waals surface area (Å²) in [6, 6.07) is 7.70. The normalized spacial score (nSPS) is 15.4. The van der Waals surface area contributed by atoms with E-state index >= 15 is 0 Å². The number of hydrogen-bond donors (Lipinski definition) is 3. The molecule has 1 aliphatic carbocycles. The SMILES string of the molecule is CC(C)(C)OC(=O)Nc1ccc(CCNC(N)=NCC2CCC2)cc1. The van der Waals surface area contributed by atoms with Crippen molar-refractivity contribution in [2.75, 3.05) is 18.4 Å². The van der Waals surface area contributed by atoms with E-state index in [1.165, 1.54) is 19.3 Å². The maximum atomic E-state index is 11.7. The van der Waals surface area contributed by atoms with Crippen molar-refractivity contribution in [3.63, 3.8) is 0 Å². The third-order valence-electron chi connectivity index (χ3n) is 4.06. The fourth-order valence-corrected chi connectivity index (χ4v) is 2.47. The van der Waals surface area contributed by atoms with E-state index in [0.29, 0.717) is 11.6 Å². The lowest BCUT2D eigenvalue weighted by molar-refractivity contribution is 0.0636. The van der Waals surface area contributed by atoms with Crippen LogP contribution < -0.4 is 16.4 Å². The van der Waals surface area contributed by atoms with Crippen LogP contribution in [0.5, 0.6) is 0 Å². The summed E-state index contributed by atoms with van der Waals surface area (Å²) in [5, 5.41) is 5.87. The number of benzene rings is 1. The summed E-state index contributed by atoms with van der Waals surface area (Å²) in [4.78, 5) is 16.1. The van der Waals surface area contributed by atoms with Gasteiger partial charge in [-0.1, -0.05) is 18.6 Å². The van der Waals surface area contributed by atoms with Gasteiger partial charge in [0.15, 0.2) is 5.96 Å². The fraction of sp³-hybridized carbons (Fsp3) is 0.579. The van der Waals surface area contributed by atoms with Crippen LogP contribution in [-0.2, 0) is 11.2 Å². The van der Waals surface area contributed by atoms with E-state index < -0.39 is 11.7 Å². The van der Waals surface area contributed by atoms with Gasteiger partial charge in [0, 0.05) is 18.8 Å². The minimum atomic E-state index is -0.504. The van der Waals surface area contributed by atoms with Gasteiger partial charge in [-0.15, -0.1) is 0 Å². The Kier molecular flexibility index (Phi) is 6.67. The smallest absolute Gasteiger partial charge is 0.412 e. The fourth-order valence-electron chi connectivity index (χ4n) is 2.47. The molecule has 0 aliphatic heterocycles. The van der Waals surface area contributed by atoms with Gasteiger partial charge in [0.1, 0.15) is 5.60 Å². The molecule has 1 amide bonds. The number of nitrogens with one attached hydrogen (secondary N) is 2. The lowest BCUT2D eigenvalue weighted by Crippen LogP contribution is -2.34. The number of hydrogen-bond acceptors (Lipinski definition) is 3. The molecule has 1 saturated carbocycles. The minimum Gasteiger partial charge on any atom is -0.444 e. The monoisotopic (exact) mass is 346 g/mol. The summed E-state index contributed by atoms with van der Waals surface area (Å²) in [6.45, 7) is 7.08. The zero-order valence-corrected chi connectivity index (χ0v) is 15.5. The second-order valence-corrected chi connectivity index (χ2v) is 7.52. The van der Waals surface area contributed by atoms with Gasteiger partial charge in [-0.05, 0) is 63.6 Å². The molecular weight excluding hydrogens is 316 g/mol. The van der Waals surface area contributed by atoms with Crippen LogP contribution in [0.4, 0.5) is 10.5 Å². The molecule has 0 bridgehead atoms. The predicted octanol–water partition coefficient (Wildman–Crippen LogP) is 3.28. The Morgan fingerprint density at radius 1 is 1.28 bits per heavy atom. The average Bonchev–Trinajstić information content (AvgIpc) is 2.45. The largest absolute Gasteiger partial charge is 0.444 e. The highest BCUT2D eigenvalue weighted by molar-refractivity contribution is 5.84. The first-order valence-electron chi connectivity index (χ1n) is 8.94. The second-order valence-electron chi connectivity index (χ2n) is 7.52. The number of carbonyl (C=O) groups excluding carboxylic acids is 1. The Bertz CT molecular complexity index is 586. The molecule has 0 unspecified atom stereocenters. The summed E-state index contributed by atoms with van der Waals surface area (Å²) in [7, 11) is 0. The predicted molar refractivity (Wildman–Crippen MR) is 102 cm³/mol. The number of nitrogens with zero attached hydrogens (tertiary/aromatic N) is 1. The van der Waals surface area contributed by atoms with Gasteiger partial charge in [0.25, 0.3) is 0 Å². The average molecular weight is 346 g/mol. The first kappa shape index (κ1) is 19.1. The van der Waals surface area contributed by atoms with Crippen molar-refractivity contribution >= 4 is 17.7 Å². The van der Waals surface area contributed by atoms with E-state index in [1.54, 1.807) is 0 Å². The molecule has 1 aliphatic rings. The molecular formula is C19H30N4O2. The van der Waals surface area contributed by atoms with Crippen LogP contribution >= 0.6 is 0 Å². The van der Waals surface area contributed by atoms with E-state index in [0.717, 1.165) is 31.0 Å². The van der Waals surface area contributed by atoms with Gasteiger partial charge in [0.05, 0.1) is 0 Å². The minimum absolute atomic E-state index is 0.447. The summed E-state index contributed by atoms with van der Waals surface area (Å²) >= 11 is 0. The maximum Gasteiger partial charge on any atom is 0.412 e. The van der Waals surface area contributed by atoms with Gasteiger partial charge >= 0.3 is 6.09 Å². The van der Waals surface area contributed by atoms with Gasteiger partial charge in [-0.2, -0.15) is 0 Å². The summed E-state index contributed by atoms with van der Waals surface area (Å²) in [5.41, 5.74) is 7.24. The van der Waals surface area contributed by atoms with Crippen molar-refractivity contribution in [1.82, 2.24) is 5.32 Å². The van der Waals surface area contributed by atoms with Crippen molar-refractivity contribution < 1.29 is 9.53 Å². The molecule has 0 spiro atoms. The molecule has 1 fully saturated rings. The second kappa shape index (κ2) is 8.74. The molecule has 0 saturated heterocycles. The molecule has 0 heterocycles. The molecule has 2 rings (SSSR count). The highest BCUT2D eigenvalue weighted by atomic mass is 16.6. The number of carbonyl (C=O) groups is 1. The van der Waals surface area contributed by atoms with Crippen LogP contribution in [0.25, 0.3) is 0 Å². The van der Waals surface area contributed by atoms with Crippen LogP contribution in [-0.4, -0.2) is 30.7 Å². The summed E-state index contributed by atoms with van der Waals surface area (Å²) in [6.07, 6.45) is 4.27. The lowest BCUT2D eigenvalue weighted by Gasteiger charge is -2.23. The van der Waals surface area contributed by atoms with Crippen molar-refractivity contribution in [3.05, 3.63) is 29.8 Å². The highest BCUT2D eigenvalue weighted by Crippen LogP contribution is 2.26. The highest BCUT2D eigenvalue weighted by Gasteiger charge is 2.17. The molecule has 0 radical (unpaired) electrons. The molecule has 1 aromatic carbocycles. The third-order valence-corrected chi connectivity index (χ3v) is 4.06. The van der Waals surface area contributed by atoms with Crippen LogP contribution in [0.1, 0.15) is 45.6 Å². The van der Waals surface area contributed by atoms with E-state index in [9.17, 15) is 4.79 Å². The first-order chi connectivity index (χ1) is 11.8. The third kappa shape index (κ3) is 7.45. The lowest BCUT2D eigenvalue weighted by atomic mass is 9.86.